The molecule has 4 heteroatoms. The molecule has 32 heavy (non-hydrogen) atoms. The lowest BCUT2D eigenvalue weighted by Gasteiger charge is -2.28. The molecule has 0 spiro atoms. The van der Waals surface area contributed by atoms with E-state index >= 15 is 0 Å². The minimum absolute atomic E-state index is 0.0971. The Kier molecular flexibility index (Phi) is 19.9. The highest BCUT2D eigenvalue weighted by Crippen LogP contribution is 2.35. The largest absolute Gasteiger partial charge is 0.481 e. The Morgan fingerprint density at radius 2 is 1.09 bits per heavy atom. The number of hydrogen-bond acceptors (Lipinski definition) is 3. The lowest BCUT2D eigenvalue weighted by atomic mass is 9.76. The Hall–Kier alpha value is -1.06. The van der Waals surface area contributed by atoms with E-state index in [0.717, 1.165) is 70.6 Å². The Bertz CT molecular complexity index is 462. The smallest absolute Gasteiger partial charge is 0.309 e. The fraction of sp³-hybridized carbons (Fsp3) is 0.929. The molecule has 190 valence electrons. The van der Waals surface area contributed by atoms with Gasteiger partial charge in [-0.25, -0.2) is 0 Å². The molecule has 2 atom stereocenters. The number of unbranched alkanes of at least 4 members (excludes halogenated alkanes) is 12. The lowest BCUT2D eigenvalue weighted by molar-refractivity contribution is -0.150. The van der Waals surface area contributed by atoms with Gasteiger partial charge < -0.3 is 9.84 Å². The maximum Gasteiger partial charge on any atom is 0.309 e. The van der Waals surface area contributed by atoms with Crippen LogP contribution in [0.5, 0.6) is 0 Å². The molecule has 0 saturated heterocycles. The number of aliphatic carboxylic acids is 1. The van der Waals surface area contributed by atoms with Gasteiger partial charge in [0.2, 0.25) is 0 Å². The summed E-state index contributed by atoms with van der Waals surface area (Å²) in [5, 5.41) is 9.83. The number of carbonyl (C=O) groups excluding carboxylic acids is 1. The van der Waals surface area contributed by atoms with Crippen molar-refractivity contribution in [3.05, 3.63) is 0 Å². The van der Waals surface area contributed by atoms with Gasteiger partial charge in [-0.05, 0) is 44.9 Å². The highest BCUT2D eigenvalue weighted by molar-refractivity contribution is 5.74. The first kappa shape index (κ1) is 30.9. The molecule has 1 N–H and O–H groups in total. The number of ether oxygens (including phenoxy) is 1. The van der Waals surface area contributed by atoms with Crippen molar-refractivity contribution in [2.75, 3.05) is 0 Å². The number of rotatable bonds is 23. The number of esters is 1. The standard InChI is InChI=1S/C28H54O4/c1-5-8-10-17-21-26(32-25(4)29)22-18-15-13-12-14-16-20-24-28(7-3,27(30)31)23-19-11-9-6-2/h26H,5-24H2,1-4H3,(H,30,31). The summed E-state index contributed by atoms with van der Waals surface area (Å²) in [6.07, 6.45) is 22.1. The summed E-state index contributed by atoms with van der Waals surface area (Å²) < 4.78 is 5.51. The van der Waals surface area contributed by atoms with Crippen LogP contribution in [0.3, 0.4) is 0 Å². The van der Waals surface area contributed by atoms with Gasteiger partial charge in [-0.1, -0.05) is 104 Å². The molecule has 0 bridgehead atoms. The average molecular weight is 455 g/mol. The van der Waals surface area contributed by atoms with Crippen LogP contribution in [-0.2, 0) is 14.3 Å². The minimum Gasteiger partial charge on any atom is -0.481 e. The Morgan fingerprint density at radius 1 is 0.688 bits per heavy atom. The van der Waals surface area contributed by atoms with Gasteiger partial charge in [0.1, 0.15) is 6.10 Å². The fourth-order valence-electron chi connectivity index (χ4n) is 4.75. The van der Waals surface area contributed by atoms with E-state index in [2.05, 4.69) is 13.8 Å². The third-order valence-electron chi connectivity index (χ3n) is 7.03. The number of carboxylic acid groups (broad SMARTS) is 1. The van der Waals surface area contributed by atoms with Crippen molar-refractivity contribution in [3.63, 3.8) is 0 Å². The summed E-state index contributed by atoms with van der Waals surface area (Å²) in [4.78, 5) is 23.3. The molecule has 0 amide bonds. The van der Waals surface area contributed by atoms with Crippen LogP contribution < -0.4 is 0 Å². The number of carboxylic acids is 1. The summed E-state index contributed by atoms with van der Waals surface area (Å²) in [6, 6.07) is 0. The van der Waals surface area contributed by atoms with Crippen LogP contribution in [0.2, 0.25) is 0 Å². The van der Waals surface area contributed by atoms with E-state index in [4.69, 9.17) is 4.74 Å². The Labute approximate surface area is 199 Å². The van der Waals surface area contributed by atoms with Crippen LogP contribution in [0.15, 0.2) is 0 Å². The fourth-order valence-corrected chi connectivity index (χ4v) is 4.75. The second-order valence-electron chi connectivity index (χ2n) is 9.84. The number of hydrogen-bond donors (Lipinski definition) is 1. The molecular formula is C28H54O4. The van der Waals surface area contributed by atoms with Crippen molar-refractivity contribution in [3.8, 4) is 0 Å². The first-order valence-electron chi connectivity index (χ1n) is 13.8. The molecule has 0 saturated carbocycles. The molecule has 0 rings (SSSR count). The molecule has 0 aliphatic carbocycles. The zero-order valence-electron chi connectivity index (χ0n) is 21.9. The van der Waals surface area contributed by atoms with Gasteiger partial charge in [0.25, 0.3) is 0 Å². The lowest BCUT2D eigenvalue weighted by Crippen LogP contribution is -2.30. The van der Waals surface area contributed by atoms with E-state index in [-0.39, 0.29) is 12.1 Å². The molecule has 0 aromatic heterocycles. The van der Waals surface area contributed by atoms with Crippen LogP contribution in [0.4, 0.5) is 0 Å². The van der Waals surface area contributed by atoms with Gasteiger partial charge in [-0.3, -0.25) is 9.59 Å². The minimum atomic E-state index is -0.589. The van der Waals surface area contributed by atoms with Crippen molar-refractivity contribution in [2.45, 2.75) is 162 Å². The SMILES string of the molecule is CCCCCCC(CCCCCCCCCC(CC)(CCCCCC)C(=O)O)OC(C)=O. The molecule has 0 aliphatic heterocycles. The van der Waals surface area contributed by atoms with Gasteiger partial charge in [0.05, 0.1) is 5.41 Å². The van der Waals surface area contributed by atoms with Gasteiger partial charge in [0, 0.05) is 6.92 Å². The number of carbonyl (C=O) groups is 2. The highest BCUT2D eigenvalue weighted by atomic mass is 16.5. The molecule has 0 aromatic carbocycles. The highest BCUT2D eigenvalue weighted by Gasteiger charge is 2.35. The van der Waals surface area contributed by atoms with E-state index in [1.807, 2.05) is 6.92 Å². The quantitative estimate of drug-likeness (QED) is 0.124. The predicted octanol–water partition coefficient (Wildman–Crippen LogP) is 8.85. The van der Waals surface area contributed by atoms with Crippen molar-refractivity contribution in [1.82, 2.24) is 0 Å². The normalized spacial score (nSPS) is 14.1. The van der Waals surface area contributed by atoms with Crippen LogP contribution in [-0.4, -0.2) is 23.1 Å². The Balaban J connectivity index is 3.98. The molecule has 0 heterocycles. The van der Waals surface area contributed by atoms with Crippen LogP contribution in [0, 0.1) is 5.41 Å². The summed E-state index contributed by atoms with van der Waals surface area (Å²) >= 11 is 0. The average Bonchev–Trinajstić information content (AvgIpc) is 2.76. The molecule has 2 unspecified atom stereocenters. The molecule has 4 nitrogen and oxygen atoms in total. The van der Waals surface area contributed by atoms with Gasteiger partial charge in [0.15, 0.2) is 0 Å². The van der Waals surface area contributed by atoms with Crippen LogP contribution >= 0.6 is 0 Å². The van der Waals surface area contributed by atoms with E-state index in [1.165, 1.54) is 64.7 Å². The molecular weight excluding hydrogens is 400 g/mol. The molecule has 0 aliphatic rings. The monoisotopic (exact) mass is 454 g/mol. The predicted molar refractivity (Wildman–Crippen MR) is 135 cm³/mol. The first-order chi connectivity index (χ1) is 15.4. The topological polar surface area (TPSA) is 63.6 Å². The van der Waals surface area contributed by atoms with Crippen molar-refractivity contribution < 1.29 is 19.4 Å². The summed E-state index contributed by atoms with van der Waals surface area (Å²) in [5.74, 6) is -0.742. The Morgan fingerprint density at radius 3 is 1.50 bits per heavy atom. The van der Waals surface area contributed by atoms with Crippen LogP contribution in [0.25, 0.3) is 0 Å². The van der Waals surface area contributed by atoms with Crippen molar-refractivity contribution in [1.29, 1.82) is 0 Å². The third-order valence-corrected chi connectivity index (χ3v) is 7.03. The maximum atomic E-state index is 11.9. The van der Waals surface area contributed by atoms with Gasteiger partial charge in [-0.15, -0.1) is 0 Å². The van der Waals surface area contributed by atoms with Crippen LogP contribution in [0.1, 0.15) is 156 Å². The molecule has 0 radical (unpaired) electrons. The van der Waals surface area contributed by atoms with E-state index in [9.17, 15) is 14.7 Å². The van der Waals surface area contributed by atoms with E-state index < -0.39 is 11.4 Å². The summed E-state index contributed by atoms with van der Waals surface area (Å²) in [5.41, 5.74) is -0.503. The second kappa shape index (κ2) is 20.5. The zero-order chi connectivity index (χ0) is 24.1. The van der Waals surface area contributed by atoms with Gasteiger partial charge in [-0.2, -0.15) is 0 Å². The van der Waals surface area contributed by atoms with E-state index in [1.54, 1.807) is 0 Å². The third kappa shape index (κ3) is 15.7. The summed E-state index contributed by atoms with van der Waals surface area (Å²) in [7, 11) is 0. The maximum absolute atomic E-state index is 11.9. The summed E-state index contributed by atoms with van der Waals surface area (Å²) in [6.45, 7) is 7.96. The van der Waals surface area contributed by atoms with Crippen molar-refractivity contribution >= 4 is 11.9 Å². The molecule has 0 fully saturated rings. The second-order valence-corrected chi connectivity index (χ2v) is 9.84. The zero-order valence-corrected chi connectivity index (χ0v) is 21.9. The first-order valence-corrected chi connectivity index (χ1v) is 13.8. The van der Waals surface area contributed by atoms with E-state index in [0.29, 0.717) is 0 Å². The van der Waals surface area contributed by atoms with Gasteiger partial charge >= 0.3 is 11.9 Å². The van der Waals surface area contributed by atoms with Crippen molar-refractivity contribution in [2.24, 2.45) is 5.41 Å². The molecule has 0 aromatic rings.